The van der Waals surface area contributed by atoms with Crippen LogP contribution in [0.3, 0.4) is 0 Å². The molecule has 0 aliphatic heterocycles. The summed E-state index contributed by atoms with van der Waals surface area (Å²) in [5, 5.41) is 6.02. The normalized spacial score (nSPS) is 10.3. The van der Waals surface area contributed by atoms with Gasteiger partial charge in [-0.2, -0.15) is 5.10 Å². The number of hydrogen-bond acceptors (Lipinski definition) is 3. The maximum atomic E-state index is 4.10. The highest BCUT2D eigenvalue weighted by Crippen LogP contribution is 2.11. The van der Waals surface area contributed by atoms with Crippen LogP contribution in [0.4, 0.5) is 0 Å². The smallest absolute Gasteiger partial charge is 0.164 e. The first-order chi connectivity index (χ1) is 5.36. The molecule has 11 heavy (non-hydrogen) atoms. The summed E-state index contributed by atoms with van der Waals surface area (Å²) >= 11 is 4.87. The van der Waals surface area contributed by atoms with E-state index in [0.717, 1.165) is 10.3 Å². The van der Waals surface area contributed by atoms with Crippen LogP contribution in [-0.4, -0.2) is 14.8 Å². The van der Waals surface area contributed by atoms with Crippen LogP contribution in [0.5, 0.6) is 0 Å². The zero-order valence-corrected chi connectivity index (χ0v) is 7.84. The van der Waals surface area contributed by atoms with Gasteiger partial charge in [0.05, 0.1) is 16.2 Å². The highest BCUT2D eigenvalue weighted by atomic mass is 79.9. The molecule has 0 unspecified atom stereocenters. The molecule has 0 atom stereocenters. The second-order valence-electron chi connectivity index (χ2n) is 1.95. The number of halogens is 1. The fourth-order valence-electron chi connectivity index (χ4n) is 0.745. The van der Waals surface area contributed by atoms with Crippen LogP contribution in [0.15, 0.2) is 27.8 Å². The fourth-order valence-corrected chi connectivity index (χ4v) is 1.55. The van der Waals surface area contributed by atoms with Gasteiger partial charge in [-0.3, -0.25) is 0 Å². The number of nitrogens with zero attached hydrogens (tertiary/aromatic N) is 3. The highest BCUT2D eigenvalue weighted by molar-refractivity contribution is 9.10. The van der Waals surface area contributed by atoms with E-state index in [9.17, 15) is 0 Å². The van der Waals surface area contributed by atoms with Gasteiger partial charge in [-0.15, -0.1) is 11.3 Å². The van der Waals surface area contributed by atoms with Crippen molar-refractivity contribution in [3.63, 3.8) is 0 Å². The van der Waals surface area contributed by atoms with Crippen molar-refractivity contribution in [2.75, 3.05) is 0 Å². The van der Waals surface area contributed by atoms with Gasteiger partial charge < -0.3 is 0 Å². The molecule has 0 amide bonds. The third-order valence-corrected chi connectivity index (χ3v) is 2.19. The van der Waals surface area contributed by atoms with Gasteiger partial charge >= 0.3 is 0 Å². The Bertz CT molecular complexity index is 340. The minimum absolute atomic E-state index is 0.862. The van der Waals surface area contributed by atoms with E-state index in [2.05, 4.69) is 26.0 Å². The van der Waals surface area contributed by atoms with Crippen LogP contribution in [0, 0.1) is 0 Å². The highest BCUT2D eigenvalue weighted by Gasteiger charge is 1.98. The van der Waals surface area contributed by atoms with E-state index >= 15 is 0 Å². The van der Waals surface area contributed by atoms with Crippen LogP contribution in [0.1, 0.15) is 0 Å². The van der Waals surface area contributed by atoms with Gasteiger partial charge in [-0.25, -0.2) is 9.67 Å². The van der Waals surface area contributed by atoms with E-state index in [4.69, 9.17) is 0 Å². The van der Waals surface area contributed by atoms with Gasteiger partial charge in [0.2, 0.25) is 0 Å². The molecule has 0 N–H and O–H groups in total. The minimum atomic E-state index is 0.862. The largest absolute Gasteiger partial charge is 0.226 e. The Balaban J connectivity index is 2.45. The summed E-state index contributed by atoms with van der Waals surface area (Å²) in [6, 6.07) is 0. The Morgan fingerprint density at radius 2 is 2.45 bits per heavy atom. The number of rotatable bonds is 1. The maximum Gasteiger partial charge on any atom is 0.164 e. The third kappa shape index (κ3) is 1.34. The van der Waals surface area contributed by atoms with Gasteiger partial charge in [-0.05, 0) is 15.9 Å². The summed E-state index contributed by atoms with van der Waals surface area (Å²) < 4.78 is 2.69. The molecule has 0 radical (unpaired) electrons. The third-order valence-electron chi connectivity index (χ3n) is 1.21. The molecule has 0 saturated heterocycles. The van der Waals surface area contributed by atoms with Gasteiger partial charge in [-0.1, -0.05) is 0 Å². The first-order valence-corrected chi connectivity index (χ1v) is 4.68. The summed E-state index contributed by atoms with van der Waals surface area (Å²) in [4.78, 5) is 4.10. The van der Waals surface area contributed by atoms with E-state index in [1.807, 2.05) is 11.6 Å². The Morgan fingerprint density at radius 1 is 1.55 bits per heavy atom. The summed E-state index contributed by atoms with van der Waals surface area (Å²) in [5.41, 5.74) is 1.78. The Morgan fingerprint density at radius 3 is 3.00 bits per heavy atom. The van der Waals surface area contributed by atoms with Gasteiger partial charge in [0.25, 0.3) is 0 Å². The summed E-state index contributed by atoms with van der Waals surface area (Å²) in [5.74, 6) is 0.862. The van der Waals surface area contributed by atoms with E-state index in [-0.39, 0.29) is 0 Å². The maximum absolute atomic E-state index is 4.10. The van der Waals surface area contributed by atoms with Gasteiger partial charge in [0.15, 0.2) is 5.82 Å². The second-order valence-corrected chi connectivity index (χ2v) is 3.58. The molecule has 0 saturated carbocycles. The van der Waals surface area contributed by atoms with Crippen LogP contribution >= 0.6 is 27.3 Å². The lowest BCUT2D eigenvalue weighted by Crippen LogP contribution is -1.92. The molecular formula is C6H4BrN3S. The molecule has 3 nitrogen and oxygen atoms in total. The molecule has 0 fully saturated rings. The molecule has 2 rings (SSSR count). The van der Waals surface area contributed by atoms with E-state index in [1.165, 1.54) is 0 Å². The van der Waals surface area contributed by atoms with E-state index < -0.39 is 0 Å². The Labute approximate surface area is 75.8 Å². The van der Waals surface area contributed by atoms with Crippen LogP contribution in [0.25, 0.3) is 5.82 Å². The molecular weight excluding hydrogens is 226 g/mol. The summed E-state index contributed by atoms with van der Waals surface area (Å²) in [7, 11) is 0. The van der Waals surface area contributed by atoms with E-state index in [0.29, 0.717) is 0 Å². The number of aromatic nitrogens is 3. The molecule has 2 heterocycles. The van der Waals surface area contributed by atoms with Crippen LogP contribution in [0.2, 0.25) is 0 Å². The fraction of sp³-hybridized carbons (Fsp3) is 0. The number of thiazole rings is 1. The quantitative estimate of drug-likeness (QED) is 0.750. The van der Waals surface area contributed by atoms with Crippen molar-refractivity contribution >= 4 is 27.3 Å². The topological polar surface area (TPSA) is 30.7 Å². The van der Waals surface area contributed by atoms with Crippen molar-refractivity contribution in [1.82, 2.24) is 14.8 Å². The molecule has 2 aromatic heterocycles. The standard InChI is InChI=1S/C6H4BrN3S/c7-5-1-9-10(2-5)6-3-11-4-8-6/h1-4H. The SMILES string of the molecule is Brc1cnn(-c2cscn2)c1. The predicted molar refractivity (Wildman–Crippen MR) is 46.9 cm³/mol. The lowest BCUT2D eigenvalue weighted by molar-refractivity contribution is 0.855. The van der Waals surface area contributed by atoms with Crippen molar-refractivity contribution in [2.24, 2.45) is 0 Å². The van der Waals surface area contributed by atoms with Crippen molar-refractivity contribution in [2.45, 2.75) is 0 Å². The molecule has 0 aliphatic rings. The first-order valence-electron chi connectivity index (χ1n) is 2.95. The molecule has 56 valence electrons. The lowest BCUT2D eigenvalue weighted by Gasteiger charge is -1.90. The Kier molecular flexibility index (Phi) is 1.75. The zero-order chi connectivity index (χ0) is 7.68. The number of hydrogen-bond donors (Lipinski definition) is 0. The molecule has 0 aromatic carbocycles. The Hall–Kier alpha value is -0.680. The summed E-state index contributed by atoms with van der Waals surface area (Å²) in [6.07, 6.45) is 3.61. The average molecular weight is 230 g/mol. The van der Waals surface area contributed by atoms with Crippen molar-refractivity contribution in [3.8, 4) is 5.82 Å². The molecule has 2 aromatic rings. The average Bonchev–Trinajstić information content (AvgIpc) is 2.55. The minimum Gasteiger partial charge on any atom is -0.226 e. The van der Waals surface area contributed by atoms with E-state index in [1.54, 1.807) is 27.7 Å². The molecule has 5 heteroatoms. The van der Waals surface area contributed by atoms with Crippen molar-refractivity contribution < 1.29 is 0 Å². The van der Waals surface area contributed by atoms with Gasteiger partial charge in [0.1, 0.15) is 0 Å². The summed E-state index contributed by atoms with van der Waals surface area (Å²) in [6.45, 7) is 0. The molecule has 0 bridgehead atoms. The van der Waals surface area contributed by atoms with Crippen LogP contribution < -0.4 is 0 Å². The second kappa shape index (κ2) is 2.75. The van der Waals surface area contributed by atoms with Crippen LogP contribution in [-0.2, 0) is 0 Å². The molecule has 0 aliphatic carbocycles. The van der Waals surface area contributed by atoms with Crippen molar-refractivity contribution in [3.05, 3.63) is 27.8 Å². The zero-order valence-electron chi connectivity index (χ0n) is 5.44. The van der Waals surface area contributed by atoms with Crippen molar-refractivity contribution in [1.29, 1.82) is 0 Å². The first kappa shape index (κ1) is 7.00. The molecule has 0 spiro atoms. The lowest BCUT2D eigenvalue weighted by atomic mass is 10.7. The predicted octanol–water partition coefficient (Wildman–Crippen LogP) is 2.09. The van der Waals surface area contributed by atoms with Gasteiger partial charge in [0, 0.05) is 11.6 Å². The monoisotopic (exact) mass is 229 g/mol.